The van der Waals surface area contributed by atoms with Gasteiger partial charge in [-0.1, -0.05) is 12.1 Å². The monoisotopic (exact) mass is 488 g/mol. The molecule has 0 saturated carbocycles. The Labute approximate surface area is 206 Å². The molecule has 0 radical (unpaired) electrons. The van der Waals surface area contributed by atoms with Gasteiger partial charge >= 0.3 is 0 Å². The topological polar surface area (TPSA) is 132 Å². The third kappa shape index (κ3) is 4.78. The van der Waals surface area contributed by atoms with Crippen LogP contribution in [0.25, 0.3) is 22.0 Å². The maximum Gasteiger partial charge on any atom is 0.245 e. The first kappa shape index (κ1) is 23.5. The standard InChI is InChI=1S/C25H25FN8O2/c26-18-10-23(25(36)29-13-19-3-1-2-7-28-19)33(14-18)24(35)15-34-22-5-4-16(17-6-8-30-31-12-17)9-20(22)21(11-27)32-34/h1-9,12,18,23H,10-11,13-15,27H2,(H,29,36)/t18-,23+/m1/s1. The summed E-state index contributed by atoms with van der Waals surface area (Å²) in [5, 5.41) is 15.8. The molecule has 2 amide bonds. The number of alkyl halides is 1. The lowest BCUT2D eigenvalue weighted by molar-refractivity contribution is -0.139. The van der Waals surface area contributed by atoms with Crippen molar-refractivity contribution < 1.29 is 14.0 Å². The van der Waals surface area contributed by atoms with Gasteiger partial charge in [0.1, 0.15) is 18.8 Å². The Morgan fingerprint density at radius 3 is 2.75 bits per heavy atom. The summed E-state index contributed by atoms with van der Waals surface area (Å²) in [6.45, 7) is 0.116. The number of amides is 2. The van der Waals surface area contributed by atoms with Gasteiger partial charge in [0, 0.05) is 30.1 Å². The second kappa shape index (κ2) is 10.2. The average molecular weight is 489 g/mol. The van der Waals surface area contributed by atoms with Gasteiger partial charge in [-0.2, -0.15) is 15.3 Å². The van der Waals surface area contributed by atoms with Crippen LogP contribution in [0.2, 0.25) is 0 Å². The van der Waals surface area contributed by atoms with Crippen LogP contribution in [0.15, 0.2) is 61.1 Å². The van der Waals surface area contributed by atoms with E-state index in [4.69, 9.17) is 5.73 Å². The number of hydrogen-bond donors (Lipinski definition) is 2. The van der Waals surface area contributed by atoms with Crippen molar-refractivity contribution in [2.75, 3.05) is 6.54 Å². The van der Waals surface area contributed by atoms with E-state index in [1.54, 1.807) is 35.4 Å². The molecule has 1 aliphatic rings. The third-order valence-electron chi connectivity index (χ3n) is 6.27. The van der Waals surface area contributed by atoms with Crippen molar-refractivity contribution in [3.05, 3.63) is 72.4 Å². The Morgan fingerprint density at radius 1 is 1.11 bits per heavy atom. The Bertz CT molecular complexity index is 1380. The smallest absolute Gasteiger partial charge is 0.245 e. The molecule has 11 heteroatoms. The lowest BCUT2D eigenvalue weighted by Gasteiger charge is -2.23. The van der Waals surface area contributed by atoms with Crippen molar-refractivity contribution >= 4 is 22.7 Å². The van der Waals surface area contributed by atoms with Gasteiger partial charge in [-0.3, -0.25) is 19.3 Å². The molecule has 1 aliphatic heterocycles. The van der Waals surface area contributed by atoms with Gasteiger partial charge in [0.2, 0.25) is 11.8 Å². The zero-order valence-corrected chi connectivity index (χ0v) is 19.4. The molecule has 0 spiro atoms. The lowest BCUT2D eigenvalue weighted by atomic mass is 10.1. The third-order valence-corrected chi connectivity index (χ3v) is 6.27. The molecule has 184 valence electrons. The Morgan fingerprint density at radius 2 is 2.00 bits per heavy atom. The molecule has 4 heterocycles. The van der Waals surface area contributed by atoms with Crippen LogP contribution in [0.4, 0.5) is 4.39 Å². The van der Waals surface area contributed by atoms with E-state index < -0.39 is 18.1 Å². The number of nitrogens with zero attached hydrogens (tertiary/aromatic N) is 6. The number of rotatable bonds is 7. The van der Waals surface area contributed by atoms with E-state index in [1.807, 2.05) is 30.3 Å². The summed E-state index contributed by atoms with van der Waals surface area (Å²) in [5.74, 6) is -0.791. The minimum absolute atomic E-state index is 0.0446. The number of pyridine rings is 1. The summed E-state index contributed by atoms with van der Waals surface area (Å²) in [7, 11) is 0. The summed E-state index contributed by atoms with van der Waals surface area (Å²) >= 11 is 0. The van der Waals surface area contributed by atoms with E-state index in [2.05, 4.69) is 25.6 Å². The zero-order chi connectivity index (χ0) is 25.1. The molecule has 1 saturated heterocycles. The van der Waals surface area contributed by atoms with Crippen LogP contribution in [0.5, 0.6) is 0 Å². The van der Waals surface area contributed by atoms with Gasteiger partial charge in [-0.05, 0) is 35.9 Å². The average Bonchev–Trinajstić information content (AvgIpc) is 3.48. The molecule has 5 rings (SSSR count). The fourth-order valence-corrected chi connectivity index (χ4v) is 4.48. The number of hydrogen-bond acceptors (Lipinski definition) is 7. The Balaban J connectivity index is 1.34. The quantitative estimate of drug-likeness (QED) is 0.404. The fourth-order valence-electron chi connectivity index (χ4n) is 4.48. The highest BCUT2D eigenvalue weighted by molar-refractivity contribution is 5.90. The van der Waals surface area contributed by atoms with Gasteiger partial charge in [-0.15, -0.1) is 0 Å². The van der Waals surface area contributed by atoms with Crippen LogP contribution < -0.4 is 11.1 Å². The van der Waals surface area contributed by atoms with Crippen LogP contribution >= 0.6 is 0 Å². The van der Waals surface area contributed by atoms with Crippen LogP contribution in [0.1, 0.15) is 17.8 Å². The van der Waals surface area contributed by atoms with E-state index in [1.165, 1.54) is 4.90 Å². The van der Waals surface area contributed by atoms with Crippen LogP contribution in [0.3, 0.4) is 0 Å². The number of benzene rings is 1. The Hall–Kier alpha value is -4.25. The summed E-state index contributed by atoms with van der Waals surface area (Å²) in [6.07, 6.45) is 3.59. The lowest BCUT2D eigenvalue weighted by Crippen LogP contribution is -2.46. The van der Waals surface area contributed by atoms with Gasteiger partial charge in [0.05, 0.1) is 42.4 Å². The van der Waals surface area contributed by atoms with E-state index in [-0.39, 0.29) is 38.5 Å². The fraction of sp³-hybridized carbons (Fsp3) is 0.280. The molecule has 10 nitrogen and oxygen atoms in total. The highest BCUT2D eigenvalue weighted by atomic mass is 19.1. The zero-order valence-electron chi connectivity index (χ0n) is 19.4. The second-order valence-corrected chi connectivity index (χ2v) is 8.61. The molecule has 1 aromatic carbocycles. The van der Waals surface area contributed by atoms with Crippen LogP contribution in [0, 0.1) is 0 Å². The van der Waals surface area contributed by atoms with Crippen molar-refractivity contribution in [2.24, 2.45) is 5.73 Å². The number of nitrogens with two attached hydrogens (primary N) is 1. The van der Waals surface area contributed by atoms with Gasteiger partial charge in [-0.25, -0.2) is 4.39 Å². The van der Waals surface area contributed by atoms with Gasteiger partial charge in [0.25, 0.3) is 0 Å². The number of nitrogens with one attached hydrogen (secondary N) is 1. The normalized spacial score (nSPS) is 17.4. The predicted molar refractivity (Wildman–Crippen MR) is 130 cm³/mol. The number of carbonyl (C=O) groups is 2. The van der Waals surface area contributed by atoms with Crippen molar-refractivity contribution in [3.8, 4) is 11.1 Å². The molecule has 3 N–H and O–H groups in total. The minimum Gasteiger partial charge on any atom is -0.349 e. The number of carbonyl (C=O) groups excluding carboxylic acids is 2. The summed E-state index contributed by atoms with van der Waals surface area (Å²) < 4.78 is 15.9. The van der Waals surface area contributed by atoms with E-state index >= 15 is 0 Å². The SMILES string of the molecule is NCc1nn(CC(=O)N2C[C@H](F)C[C@H]2C(=O)NCc2ccccn2)c2ccc(-c3ccnnc3)cc12. The molecule has 0 bridgehead atoms. The molecule has 36 heavy (non-hydrogen) atoms. The molecule has 0 aliphatic carbocycles. The first-order valence-corrected chi connectivity index (χ1v) is 11.6. The van der Waals surface area contributed by atoms with Crippen molar-refractivity contribution in [1.29, 1.82) is 0 Å². The number of aromatic nitrogens is 5. The first-order valence-electron chi connectivity index (χ1n) is 11.6. The Kier molecular flexibility index (Phi) is 6.63. The highest BCUT2D eigenvalue weighted by Crippen LogP contribution is 2.27. The molecule has 1 fully saturated rings. The molecule has 0 unspecified atom stereocenters. The van der Waals surface area contributed by atoms with Gasteiger partial charge in [0.15, 0.2) is 0 Å². The number of halogens is 1. The second-order valence-electron chi connectivity index (χ2n) is 8.61. The number of likely N-dealkylation sites (tertiary alicyclic amines) is 1. The maximum absolute atomic E-state index is 14.3. The summed E-state index contributed by atoms with van der Waals surface area (Å²) in [6, 6.07) is 12.1. The highest BCUT2D eigenvalue weighted by Gasteiger charge is 2.39. The first-order chi connectivity index (χ1) is 17.5. The minimum atomic E-state index is -1.27. The summed E-state index contributed by atoms with van der Waals surface area (Å²) in [5.41, 5.74) is 9.78. The van der Waals surface area contributed by atoms with Crippen LogP contribution in [-0.4, -0.2) is 60.4 Å². The molecular formula is C25H25FN8O2. The van der Waals surface area contributed by atoms with E-state index in [0.29, 0.717) is 11.4 Å². The van der Waals surface area contributed by atoms with Gasteiger partial charge < -0.3 is 16.0 Å². The number of fused-ring (bicyclic) bond motifs is 1. The van der Waals surface area contributed by atoms with Crippen molar-refractivity contribution in [1.82, 2.24) is 35.2 Å². The predicted octanol–water partition coefficient (Wildman–Crippen LogP) is 1.60. The maximum atomic E-state index is 14.3. The molecule has 4 aromatic rings. The largest absolute Gasteiger partial charge is 0.349 e. The van der Waals surface area contributed by atoms with Crippen molar-refractivity contribution in [3.63, 3.8) is 0 Å². The molecular weight excluding hydrogens is 463 g/mol. The van der Waals surface area contributed by atoms with Crippen LogP contribution in [-0.2, 0) is 29.2 Å². The molecule has 2 atom stereocenters. The van der Waals surface area contributed by atoms with E-state index in [9.17, 15) is 14.0 Å². The van der Waals surface area contributed by atoms with E-state index in [0.717, 1.165) is 22.0 Å². The summed E-state index contributed by atoms with van der Waals surface area (Å²) in [4.78, 5) is 31.5. The molecule has 3 aromatic heterocycles. The van der Waals surface area contributed by atoms with Crippen molar-refractivity contribution in [2.45, 2.75) is 38.3 Å².